The van der Waals surface area contributed by atoms with Crippen LogP contribution >= 0.6 is 0 Å². The van der Waals surface area contributed by atoms with Crippen LogP contribution in [-0.4, -0.2) is 51.4 Å². The van der Waals surface area contributed by atoms with Crippen molar-refractivity contribution in [3.8, 4) is 0 Å². The summed E-state index contributed by atoms with van der Waals surface area (Å²) in [7, 11) is 1.43. The van der Waals surface area contributed by atoms with Crippen LogP contribution in [0, 0.1) is 17.3 Å². The van der Waals surface area contributed by atoms with Gasteiger partial charge in [0.1, 0.15) is 0 Å². The third kappa shape index (κ3) is 6.56. The second-order valence-electron chi connectivity index (χ2n) is 7.44. The lowest BCUT2D eigenvalue weighted by Crippen LogP contribution is -2.37. The Morgan fingerprint density at radius 3 is 1.80 bits per heavy atom. The normalized spacial score (nSPS) is 26.5. The highest BCUT2D eigenvalue weighted by Crippen LogP contribution is 2.37. The zero-order valence-electron chi connectivity index (χ0n) is 16.2. The third-order valence-electron chi connectivity index (χ3n) is 4.03. The van der Waals surface area contributed by atoms with Gasteiger partial charge in [0.15, 0.2) is 13.6 Å². The average molecular weight is 360 g/mol. The highest BCUT2D eigenvalue weighted by molar-refractivity contribution is 5.83. The van der Waals surface area contributed by atoms with Gasteiger partial charge in [0.2, 0.25) is 0 Å². The van der Waals surface area contributed by atoms with Gasteiger partial charge in [-0.15, -0.1) is 0 Å². The monoisotopic (exact) mass is 360 g/mol. The van der Waals surface area contributed by atoms with Gasteiger partial charge in [-0.2, -0.15) is 0 Å². The number of carbonyl (C=O) groups is 2. The summed E-state index contributed by atoms with van der Waals surface area (Å²) in [5, 5.41) is 0. The maximum atomic E-state index is 12.6. The first-order chi connectivity index (χ1) is 11.7. The molecule has 0 amide bonds. The topological polar surface area (TPSA) is 80.3 Å². The first kappa shape index (κ1) is 21.9. The molecule has 146 valence electrons. The van der Waals surface area contributed by atoms with Gasteiger partial charge in [-0.05, 0) is 18.3 Å². The van der Waals surface area contributed by atoms with Crippen LogP contribution in [0.3, 0.4) is 0 Å². The molecule has 0 aromatic rings. The maximum absolute atomic E-state index is 12.6. The summed E-state index contributed by atoms with van der Waals surface area (Å²) in [6, 6.07) is 0. The number of esters is 2. The molecule has 1 aliphatic rings. The van der Waals surface area contributed by atoms with E-state index in [4.69, 9.17) is 23.7 Å². The van der Waals surface area contributed by atoms with E-state index in [0.717, 1.165) is 0 Å². The van der Waals surface area contributed by atoms with Crippen molar-refractivity contribution in [2.75, 3.05) is 27.3 Å². The fraction of sp³-hybridized carbons (Fsp3) is 0.889. The summed E-state index contributed by atoms with van der Waals surface area (Å²) in [5.74, 6) is -2.38. The number of hydrogen-bond acceptors (Lipinski definition) is 7. The summed E-state index contributed by atoms with van der Waals surface area (Å²) in [6.07, 6.45) is 0.461. The highest BCUT2D eigenvalue weighted by atomic mass is 16.7. The molecular weight excluding hydrogens is 328 g/mol. The molecule has 1 fully saturated rings. The Hall–Kier alpha value is -1.18. The van der Waals surface area contributed by atoms with Crippen molar-refractivity contribution in [1.82, 2.24) is 0 Å². The van der Waals surface area contributed by atoms with Gasteiger partial charge in [-0.1, -0.05) is 34.6 Å². The minimum Gasteiger partial charge on any atom is -0.438 e. The molecule has 0 radical (unpaired) electrons. The molecule has 0 spiro atoms. The van der Waals surface area contributed by atoms with Crippen LogP contribution < -0.4 is 0 Å². The quantitative estimate of drug-likeness (QED) is 0.355. The molecule has 0 saturated carbocycles. The van der Waals surface area contributed by atoms with Gasteiger partial charge in [0.05, 0.1) is 30.7 Å². The Balaban J connectivity index is 2.74. The van der Waals surface area contributed by atoms with Crippen LogP contribution in [0.25, 0.3) is 0 Å². The van der Waals surface area contributed by atoms with Crippen LogP contribution in [0.15, 0.2) is 0 Å². The molecule has 0 aromatic heterocycles. The fourth-order valence-corrected chi connectivity index (χ4v) is 2.91. The Kier molecular flexibility index (Phi) is 8.82. The van der Waals surface area contributed by atoms with Crippen molar-refractivity contribution >= 4 is 11.9 Å². The van der Waals surface area contributed by atoms with Gasteiger partial charge < -0.3 is 23.7 Å². The van der Waals surface area contributed by atoms with E-state index >= 15 is 0 Å². The molecule has 1 saturated heterocycles. The van der Waals surface area contributed by atoms with Crippen LogP contribution in [0.4, 0.5) is 0 Å². The van der Waals surface area contributed by atoms with E-state index in [9.17, 15) is 9.59 Å². The number of ether oxygens (including phenoxy) is 5. The maximum Gasteiger partial charge on any atom is 0.314 e. The van der Waals surface area contributed by atoms with Crippen molar-refractivity contribution in [3.63, 3.8) is 0 Å². The predicted octanol–water partition coefficient (Wildman–Crippen LogP) is 2.52. The van der Waals surface area contributed by atoms with Gasteiger partial charge in [0.25, 0.3) is 0 Å². The molecule has 4 atom stereocenters. The Bertz CT molecular complexity index is 430. The molecule has 25 heavy (non-hydrogen) atoms. The minimum atomic E-state index is -0.697. The van der Waals surface area contributed by atoms with E-state index in [-0.39, 0.29) is 31.2 Å². The lowest BCUT2D eigenvalue weighted by molar-refractivity contribution is -0.173. The van der Waals surface area contributed by atoms with E-state index in [1.54, 1.807) is 0 Å². The fourth-order valence-electron chi connectivity index (χ4n) is 2.91. The van der Waals surface area contributed by atoms with Gasteiger partial charge >= 0.3 is 11.9 Å². The summed E-state index contributed by atoms with van der Waals surface area (Å²) in [4.78, 5) is 25.0. The van der Waals surface area contributed by atoms with E-state index in [1.165, 1.54) is 7.11 Å². The van der Waals surface area contributed by atoms with Crippen molar-refractivity contribution in [2.24, 2.45) is 17.3 Å². The van der Waals surface area contributed by atoms with Crippen LogP contribution in [0.1, 0.15) is 47.5 Å². The van der Waals surface area contributed by atoms with Crippen molar-refractivity contribution < 1.29 is 33.3 Å². The zero-order valence-corrected chi connectivity index (χ0v) is 16.2. The van der Waals surface area contributed by atoms with Gasteiger partial charge in [0, 0.05) is 7.11 Å². The average Bonchev–Trinajstić information content (AvgIpc) is 2.94. The van der Waals surface area contributed by atoms with Gasteiger partial charge in [-0.25, -0.2) is 0 Å². The van der Waals surface area contributed by atoms with Crippen LogP contribution in [0.5, 0.6) is 0 Å². The molecule has 0 N–H and O–H groups in total. The summed E-state index contributed by atoms with van der Waals surface area (Å²) in [6.45, 7) is 10.1. The molecule has 1 rings (SSSR count). The molecule has 7 heteroatoms. The SMILES string of the molecule is CCC1OC(CC)C(C(=O)OCOCC(C)(C)C)C1C(=O)OCOC. The molecule has 0 aliphatic carbocycles. The highest BCUT2D eigenvalue weighted by Gasteiger charge is 2.52. The Morgan fingerprint density at radius 1 is 0.920 bits per heavy atom. The number of carbonyl (C=O) groups excluding carboxylic acids is 2. The first-order valence-electron chi connectivity index (χ1n) is 8.80. The molecule has 1 aliphatic heterocycles. The number of methoxy groups -OCH3 is 1. The summed E-state index contributed by atoms with van der Waals surface area (Å²) < 4.78 is 26.4. The second-order valence-corrected chi connectivity index (χ2v) is 7.44. The van der Waals surface area contributed by atoms with Gasteiger partial charge in [-0.3, -0.25) is 9.59 Å². The van der Waals surface area contributed by atoms with Crippen molar-refractivity contribution in [3.05, 3.63) is 0 Å². The predicted molar refractivity (Wildman–Crippen MR) is 90.6 cm³/mol. The van der Waals surface area contributed by atoms with Crippen LogP contribution in [-0.2, 0) is 33.3 Å². The largest absolute Gasteiger partial charge is 0.438 e. The Morgan fingerprint density at radius 2 is 1.40 bits per heavy atom. The van der Waals surface area contributed by atoms with Crippen molar-refractivity contribution in [2.45, 2.75) is 59.7 Å². The molecule has 1 heterocycles. The standard InChI is InChI=1S/C18H32O7/c1-7-12-14(16(19)23-10-21-6)15(13(8-2)25-12)17(20)24-11-22-9-18(3,4)5/h12-15H,7-11H2,1-6H3. The van der Waals surface area contributed by atoms with Crippen molar-refractivity contribution in [1.29, 1.82) is 0 Å². The molecule has 4 unspecified atom stereocenters. The first-order valence-corrected chi connectivity index (χ1v) is 8.80. The lowest BCUT2D eigenvalue weighted by Gasteiger charge is -2.22. The molecule has 0 aromatic carbocycles. The number of hydrogen-bond donors (Lipinski definition) is 0. The van der Waals surface area contributed by atoms with Crippen LogP contribution in [0.2, 0.25) is 0 Å². The van der Waals surface area contributed by atoms with E-state index < -0.39 is 23.8 Å². The summed E-state index contributed by atoms with van der Waals surface area (Å²) >= 11 is 0. The van der Waals surface area contributed by atoms with E-state index in [0.29, 0.717) is 19.4 Å². The molecule has 0 bridgehead atoms. The van der Waals surface area contributed by atoms with E-state index in [1.807, 2.05) is 34.6 Å². The molecule has 7 nitrogen and oxygen atoms in total. The summed E-state index contributed by atoms with van der Waals surface area (Å²) in [5.41, 5.74) is -0.0192. The smallest absolute Gasteiger partial charge is 0.314 e. The molecular formula is C18H32O7. The lowest BCUT2D eigenvalue weighted by atomic mass is 9.85. The van der Waals surface area contributed by atoms with E-state index in [2.05, 4.69) is 0 Å². The zero-order chi connectivity index (χ0) is 19.0. The Labute approximate surface area is 150 Å². The second kappa shape index (κ2) is 10.1. The minimum absolute atomic E-state index is 0.0192. The third-order valence-corrected chi connectivity index (χ3v) is 4.03. The number of rotatable bonds is 9.